The fraction of sp³-hybridized carbons (Fsp3) is 0.412. The van der Waals surface area contributed by atoms with E-state index in [4.69, 9.17) is 4.74 Å². The van der Waals surface area contributed by atoms with Crippen LogP contribution in [0.2, 0.25) is 0 Å². The van der Waals surface area contributed by atoms with E-state index >= 15 is 0 Å². The molecule has 0 unspecified atom stereocenters. The molecule has 0 fully saturated rings. The van der Waals surface area contributed by atoms with Gasteiger partial charge in [0.15, 0.2) is 5.13 Å². The van der Waals surface area contributed by atoms with Crippen LogP contribution in [0.4, 0.5) is 5.13 Å². The van der Waals surface area contributed by atoms with Gasteiger partial charge in [-0.2, -0.15) is 0 Å². The Bertz CT molecular complexity index is 643. The van der Waals surface area contributed by atoms with E-state index in [-0.39, 0.29) is 5.91 Å². The lowest BCUT2D eigenvalue weighted by Crippen LogP contribution is -2.14. The standard InChI is InChI=1S/C17H20N2O2S/c1-21-14-9-6-5-7-12(14)11-16(20)19-17-18-13-8-3-2-4-10-15(13)22-17/h5-7,9H,2-4,8,10-11H2,1H3,(H,18,19,20). The van der Waals surface area contributed by atoms with Crippen LogP contribution < -0.4 is 10.1 Å². The van der Waals surface area contributed by atoms with Crippen molar-refractivity contribution in [1.29, 1.82) is 0 Å². The molecule has 116 valence electrons. The third kappa shape index (κ3) is 3.47. The molecule has 22 heavy (non-hydrogen) atoms. The van der Waals surface area contributed by atoms with Crippen molar-refractivity contribution in [1.82, 2.24) is 4.98 Å². The van der Waals surface area contributed by atoms with E-state index in [1.807, 2.05) is 24.3 Å². The molecule has 1 amide bonds. The second-order valence-corrected chi connectivity index (χ2v) is 6.57. The van der Waals surface area contributed by atoms with Gasteiger partial charge in [0.05, 0.1) is 19.2 Å². The lowest BCUT2D eigenvalue weighted by molar-refractivity contribution is -0.115. The number of hydrogen-bond acceptors (Lipinski definition) is 4. The summed E-state index contributed by atoms with van der Waals surface area (Å²) in [7, 11) is 1.62. The Morgan fingerprint density at radius 3 is 2.95 bits per heavy atom. The molecule has 0 bridgehead atoms. The van der Waals surface area contributed by atoms with Crippen LogP contribution in [-0.4, -0.2) is 18.0 Å². The van der Waals surface area contributed by atoms with Crippen LogP contribution in [-0.2, 0) is 24.1 Å². The Morgan fingerprint density at radius 1 is 1.27 bits per heavy atom. The van der Waals surface area contributed by atoms with Crippen LogP contribution >= 0.6 is 11.3 Å². The Labute approximate surface area is 134 Å². The number of anilines is 1. The maximum Gasteiger partial charge on any atom is 0.230 e. The van der Waals surface area contributed by atoms with Gasteiger partial charge in [-0.15, -0.1) is 11.3 Å². The highest BCUT2D eigenvalue weighted by Gasteiger charge is 2.16. The molecule has 0 atom stereocenters. The zero-order valence-electron chi connectivity index (χ0n) is 12.7. The minimum Gasteiger partial charge on any atom is -0.496 e. The number of nitrogens with zero attached hydrogens (tertiary/aromatic N) is 1. The van der Waals surface area contributed by atoms with Gasteiger partial charge in [0.2, 0.25) is 5.91 Å². The van der Waals surface area contributed by atoms with Crippen molar-refractivity contribution in [2.24, 2.45) is 0 Å². The summed E-state index contributed by atoms with van der Waals surface area (Å²) >= 11 is 1.62. The maximum atomic E-state index is 12.2. The van der Waals surface area contributed by atoms with Gasteiger partial charge in [-0.05, 0) is 31.7 Å². The monoisotopic (exact) mass is 316 g/mol. The van der Waals surface area contributed by atoms with Gasteiger partial charge in [-0.25, -0.2) is 4.98 Å². The van der Waals surface area contributed by atoms with Crippen molar-refractivity contribution in [3.63, 3.8) is 0 Å². The number of aryl methyl sites for hydroxylation is 2. The van der Waals surface area contributed by atoms with Crippen LogP contribution in [0.15, 0.2) is 24.3 Å². The molecule has 1 aromatic heterocycles. The SMILES string of the molecule is COc1ccccc1CC(=O)Nc1nc2c(s1)CCCCC2. The van der Waals surface area contributed by atoms with E-state index in [0.29, 0.717) is 6.42 Å². The van der Waals surface area contributed by atoms with Gasteiger partial charge in [0, 0.05) is 10.4 Å². The van der Waals surface area contributed by atoms with Gasteiger partial charge in [0.1, 0.15) is 5.75 Å². The number of para-hydroxylation sites is 1. The molecule has 2 aromatic rings. The minimum atomic E-state index is -0.0478. The number of amides is 1. The molecule has 1 heterocycles. The van der Waals surface area contributed by atoms with Crippen molar-refractivity contribution >= 4 is 22.4 Å². The number of carbonyl (C=O) groups excluding carboxylic acids is 1. The third-order valence-electron chi connectivity index (χ3n) is 3.89. The largest absolute Gasteiger partial charge is 0.496 e. The molecule has 1 aliphatic carbocycles. The Balaban J connectivity index is 1.67. The summed E-state index contributed by atoms with van der Waals surface area (Å²) in [6.45, 7) is 0. The highest BCUT2D eigenvalue weighted by atomic mass is 32.1. The number of methoxy groups -OCH3 is 1. The predicted octanol–water partition coefficient (Wildman–Crippen LogP) is 3.60. The second kappa shape index (κ2) is 6.92. The number of fused-ring (bicyclic) bond motifs is 1. The molecule has 0 aliphatic heterocycles. The zero-order chi connectivity index (χ0) is 15.4. The van der Waals surface area contributed by atoms with Crippen LogP contribution in [0.5, 0.6) is 5.75 Å². The van der Waals surface area contributed by atoms with Crippen LogP contribution in [0, 0.1) is 0 Å². The Hall–Kier alpha value is -1.88. The van der Waals surface area contributed by atoms with Crippen molar-refractivity contribution in [3.05, 3.63) is 40.4 Å². The van der Waals surface area contributed by atoms with Crippen molar-refractivity contribution in [3.8, 4) is 5.75 Å². The first-order valence-electron chi connectivity index (χ1n) is 7.66. The normalized spacial score (nSPS) is 14.0. The van der Waals surface area contributed by atoms with Gasteiger partial charge < -0.3 is 10.1 Å². The molecular weight excluding hydrogens is 296 g/mol. The molecule has 0 saturated carbocycles. The molecule has 1 N–H and O–H groups in total. The van der Waals surface area contributed by atoms with E-state index in [9.17, 15) is 4.79 Å². The number of benzene rings is 1. The minimum absolute atomic E-state index is 0.0478. The van der Waals surface area contributed by atoms with Crippen molar-refractivity contribution < 1.29 is 9.53 Å². The Morgan fingerprint density at radius 2 is 2.09 bits per heavy atom. The highest BCUT2D eigenvalue weighted by Crippen LogP contribution is 2.29. The zero-order valence-corrected chi connectivity index (χ0v) is 13.5. The summed E-state index contributed by atoms with van der Waals surface area (Å²) < 4.78 is 5.28. The molecule has 1 aliphatic rings. The lowest BCUT2D eigenvalue weighted by atomic mass is 10.1. The van der Waals surface area contributed by atoms with Crippen LogP contribution in [0.1, 0.15) is 35.4 Å². The van der Waals surface area contributed by atoms with Crippen LogP contribution in [0.3, 0.4) is 0 Å². The van der Waals surface area contributed by atoms with E-state index in [2.05, 4.69) is 10.3 Å². The third-order valence-corrected chi connectivity index (χ3v) is 4.96. The van der Waals surface area contributed by atoms with E-state index < -0.39 is 0 Å². The van der Waals surface area contributed by atoms with E-state index in [1.54, 1.807) is 18.4 Å². The average molecular weight is 316 g/mol. The number of ether oxygens (including phenoxy) is 1. The van der Waals surface area contributed by atoms with Gasteiger partial charge in [-0.3, -0.25) is 4.79 Å². The van der Waals surface area contributed by atoms with Gasteiger partial charge in [0.25, 0.3) is 0 Å². The van der Waals surface area contributed by atoms with Crippen molar-refractivity contribution in [2.45, 2.75) is 38.5 Å². The molecule has 5 heteroatoms. The van der Waals surface area contributed by atoms with E-state index in [0.717, 1.165) is 29.3 Å². The number of rotatable bonds is 4. The number of thiazole rings is 1. The lowest BCUT2D eigenvalue weighted by Gasteiger charge is -2.07. The van der Waals surface area contributed by atoms with E-state index in [1.165, 1.54) is 29.8 Å². The summed E-state index contributed by atoms with van der Waals surface area (Å²) in [5.74, 6) is 0.695. The summed E-state index contributed by atoms with van der Waals surface area (Å²) in [5.41, 5.74) is 2.07. The van der Waals surface area contributed by atoms with Crippen LogP contribution in [0.25, 0.3) is 0 Å². The van der Waals surface area contributed by atoms with Crippen molar-refractivity contribution in [2.75, 3.05) is 12.4 Å². The number of aromatic nitrogens is 1. The molecule has 0 spiro atoms. The predicted molar refractivity (Wildman–Crippen MR) is 88.7 cm³/mol. The summed E-state index contributed by atoms with van der Waals surface area (Å²) in [5, 5.41) is 3.66. The Kier molecular flexibility index (Phi) is 4.73. The number of hydrogen-bond donors (Lipinski definition) is 1. The smallest absolute Gasteiger partial charge is 0.230 e. The molecule has 0 saturated heterocycles. The summed E-state index contributed by atoms with van der Waals surface area (Å²) in [4.78, 5) is 18.2. The first-order valence-corrected chi connectivity index (χ1v) is 8.48. The summed E-state index contributed by atoms with van der Waals surface area (Å²) in [6, 6.07) is 7.60. The number of nitrogens with one attached hydrogen (secondary N) is 1. The number of carbonyl (C=O) groups is 1. The fourth-order valence-electron chi connectivity index (χ4n) is 2.77. The molecule has 0 radical (unpaired) electrons. The second-order valence-electron chi connectivity index (χ2n) is 5.49. The molecule has 1 aromatic carbocycles. The topological polar surface area (TPSA) is 51.2 Å². The first kappa shape index (κ1) is 15.0. The average Bonchev–Trinajstić information content (AvgIpc) is 2.76. The highest BCUT2D eigenvalue weighted by molar-refractivity contribution is 7.15. The first-order chi connectivity index (χ1) is 10.8. The molecule has 3 rings (SSSR count). The maximum absolute atomic E-state index is 12.2. The fourth-order valence-corrected chi connectivity index (χ4v) is 3.83. The summed E-state index contributed by atoms with van der Waals surface area (Å²) in [6.07, 6.45) is 6.13. The van der Waals surface area contributed by atoms with Gasteiger partial charge in [-0.1, -0.05) is 24.6 Å². The quantitative estimate of drug-likeness (QED) is 0.877. The van der Waals surface area contributed by atoms with Gasteiger partial charge >= 0.3 is 0 Å². The molecular formula is C17H20N2O2S. The molecule has 4 nitrogen and oxygen atoms in total.